The highest BCUT2D eigenvalue weighted by Crippen LogP contribution is 2.38. The van der Waals surface area contributed by atoms with Crippen molar-refractivity contribution in [1.82, 2.24) is 4.98 Å². The maximum atomic E-state index is 10.1. The largest absolute Gasteiger partial charge is 0.388 e. The molecule has 1 aromatic heterocycles. The van der Waals surface area contributed by atoms with Crippen LogP contribution in [0.25, 0.3) is 0 Å². The lowest BCUT2D eigenvalue weighted by Gasteiger charge is -2.28. The number of nitrogens with zero attached hydrogens (tertiary/aromatic N) is 2. The van der Waals surface area contributed by atoms with E-state index < -0.39 is 0 Å². The molecule has 108 valence electrons. The first kappa shape index (κ1) is 14.8. The lowest BCUT2D eigenvalue weighted by atomic mass is 10.0. The summed E-state index contributed by atoms with van der Waals surface area (Å²) < 4.78 is 0. The second kappa shape index (κ2) is 6.71. The fourth-order valence-electron chi connectivity index (χ4n) is 2.56. The second-order valence-corrected chi connectivity index (χ2v) is 6.53. The molecule has 0 radical (unpaired) electrons. The number of fused-ring (bicyclic) bond motifs is 1. The van der Waals surface area contributed by atoms with Gasteiger partial charge in [-0.2, -0.15) is 0 Å². The lowest BCUT2D eigenvalue weighted by Crippen LogP contribution is -2.33. The quantitative estimate of drug-likeness (QED) is 0.859. The Balaban J connectivity index is 2.21. The number of anilines is 1. The second-order valence-electron chi connectivity index (χ2n) is 5.52. The van der Waals surface area contributed by atoms with Crippen molar-refractivity contribution in [2.75, 3.05) is 11.4 Å². The first-order chi connectivity index (χ1) is 9.17. The van der Waals surface area contributed by atoms with Crippen LogP contribution in [-0.2, 0) is 6.42 Å². The van der Waals surface area contributed by atoms with Crippen LogP contribution < -0.4 is 4.90 Å². The molecule has 3 nitrogen and oxygen atoms in total. The van der Waals surface area contributed by atoms with E-state index in [1.807, 2.05) is 0 Å². The Hall–Kier alpha value is -0.610. The van der Waals surface area contributed by atoms with Gasteiger partial charge >= 0.3 is 0 Å². The smallest absolute Gasteiger partial charge is 0.186 e. The summed E-state index contributed by atoms with van der Waals surface area (Å²) >= 11 is 1.71. The lowest BCUT2D eigenvalue weighted by molar-refractivity contribution is 0.160. The summed E-state index contributed by atoms with van der Waals surface area (Å²) in [5.41, 5.74) is 1.14. The third-order valence-corrected chi connectivity index (χ3v) is 5.27. The maximum absolute atomic E-state index is 10.1. The Morgan fingerprint density at radius 3 is 2.89 bits per heavy atom. The molecule has 1 aliphatic rings. The number of aryl methyl sites for hydroxylation is 1. The molecule has 0 spiro atoms. The van der Waals surface area contributed by atoms with Gasteiger partial charge in [-0.15, -0.1) is 0 Å². The summed E-state index contributed by atoms with van der Waals surface area (Å²) in [6.45, 7) is 7.80. The minimum absolute atomic E-state index is 0.278. The van der Waals surface area contributed by atoms with Crippen molar-refractivity contribution < 1.29 is 5.11 Å². The highest BCUT2D eigenvalue weighted by atomic mass is 32.1. The average molecular weight is 282 g/mol. The summed E-state index contributed by atoms with van der Waals surface area (Å²) in [5, 5.41) is 11.2. The van der Waals surface area contributed by atoms with Crippen LogP contribution in [0.15, 0.2) is 0 Å². The molecule has 1 aromatic rings. The zero-order valence-electron chi connectivity index (χ0n) is 12.4. The topological polar surface area (TPSA) is 36.4 Å². The molecule has 4 heteroatoms. The Morgan fingerprint density at radius 2 is 2.26 bits per heavy atom. The van der Waals surface area contributed by atoms with E-state index in [1.165, 1.54) is 12.8 Å². The fourth-order valence-corrected chi connectivity index (χ4v) is 3.82. The van der Waals surface area contributed by atoms with Crippen molar-refractivity contribution in [3.63, 3.8) is 0 Å². The molecule has 0 saturated heterocycles. The van der Waals surface area contributed by atoms with E-state index in [1.54, 1.807) is 11.3 Å². The Morgan fingerprint density at radius 1 is 1.47 bits per heavy atom. The number of aliphatic hydroxyl groups is 1. The van der Waals surface area contributed by atoms with Crippen LogP contribution in [0.4, 0.5) is 5.13 Å². The van der Waals surface area contributed by atoms with Gasteiger partial charge in [0.05, 0.1) is 16.7 Å². The van der Waals surface area contributed by atoms with Gasteiger partial charge in [0.15, 0.2) is 5.13 Å². The molecule has 1 N–H and O–H groups in total. The summed E-state index contributed by atoms with van der Waals surface area (Å²) in [5.74, 6) is 0. The van der Waals surface area contributed by atoms with Crippen molar-refractivity contribution in [3.8, 4) is 0 Å². The Kier molecular flexibility index (Phi) is 5.22. The van der Waals surface area contributed by atoms with Crippen LogP contribution in [0.5, 0.6) is 0 Å². The minimum Gasteiger partial charge on any atom is -0.388 e. The molecular weight excluding hydrogens is 256 g/mol. The van der Waals surface area contributed by atoms with Gasteiger partial charge in [-0.05, 0) is 39.0 Å². The van der Waals surface area contributed by atoms with Crippen LogP contribution >= 0.6 is 11.3 Å². The third-order valence-electron chi connectivity index (χ3n) is 4.03. The van der Waals surface area contributed by atoms with Gasteiger partial charge in [0, 0.05) is 12.6 Å². The monoisotopic (exact) mass is 282 g/mol. The van der Waals surface area contributed by atoms with Gasteiger partial charge in [-0.3, -0.25) is 0 Å². The van der Waals surface area contributed by atoms with E-state index in [9.17, 15) is 5.11 Å². The molecule has 0 aliphatic heterocycles. The molecule has 0 amide bonds. The molecule has 2 rings (SSSR count). The molecule has 0 fully saturated rings. The van der Waals surface area contributed by atoms with Gasteiger partial charge in [-0.1, -0.05) is 31.6 Å². The SMILES string of the molecule is CCCCN(c1nc2c(s1)C(O)CCC2)C(C)CC. The van der Waals surface area contributed by atoms with Crippen molar-refractivity contribution >= 4 is 16.5 Å². The highest BCUT2D eigenvalue weighted by molar-refractivity contribution is 7.15. The predicted octanol–water partition coefficient (Wildman–Crippen LogP) is 3.92. The molecule has 2 unspecified atom stereocenters. The van der Waals surface area contributed by atoms with Crippen molar-refractivity contribution in [2.24, 2.45) is 0 Å². The standard InChI is InChI=1S/C15H26N2OS/c1-4-6-10-17(11(3)5-2)15-16-12-8-7-9-13(18)14(12)19-15/h11,13,18H,4-10H2,1-3H3. The number of unbranched alkanes of at least 4 members (excludes halogenated alkanes) is 1. The van der Waals surface area contributed by atoms with Crippen molar-refractivity contribution in [3.05, 3.63) is 10.6 Å². The molecule has 1 aliphatic carbocycles. The zero-order valence-corrected chi connectivity index (χ0v) is 13.2. The number of aliphatic hydroxyl groups excluding tert-OH is 1. The van der Waals surface area contributed by atoms with Gasteiger partial charge in [-0.25, -0.2) is 4.98 Å². The normalized spacial score (nSPS) is 20.1. The van der Waals surface area contributed by atoms with Crippen LogP contribution in [0.1, 0.15) is 69.6 Å². The number of hydrogen-bond donors (Lipinski definition) is 1. The van der Waals surface area contributed by atoms with Crippen LogP contribution in [-0.4, -0.2) is 22.7 Å². The molecule has 0 aromatic carbocycles. The number of thiazole rings is 1. The number of aromatic nitrogens is 1. The molecule has 1 heterocycles. The summed E-state index contributed by atoms with van der Waals surface area (Å²) in [6.07, 6.45) is 6.27. The molecule has 0 saturated carbocycles. The summed E-state index contributed by atoms with van der Waals surface area (Å²) in [6, 6.07) is 0.524. The molecule has 19 heavy (non-hydrogen) atoms. The van der Waals surface area contributed by atoms with Crippen LogP contribution in [0, 0.1) is 0 Å². The van der Waals surface area contributed by atoms with Crippen molar-refractivity contribution in [2.45, 2.75) is 71.4 Å². The van der Waals surface area contributed by atoms with Crippen LogP contribution in [0.3, 0.4) is 0 Å². The highest BCUT2D eigenvalue weighted by Gasteiger charge is 2.25. The van der Waals surface area contributed by atoms with Gasteiger partial charge in [0.1, 0.15) is 0 Å². The van der Waals surface area contributed by atoms with E-state index in [2.05, 4.69) is 25.7 Å². The van der Waals surface area contributed by atoms with Crippen LogP contribution in [0.2, 0.25) is 0 Å². The Bertz CT molecular complexity index is 405. The molecule has 0 bridgehead atoms. The van der Waals surface area contributed by atoms with E-state index >= 15 is 0 Å². The van der Waals surface area contributed by atoms with E-state index in [4.69, 9.17) is 4.98 Å². The van der Waals surface area contributed by atoms with Crippen molar-refractivity contribution in [1.29, 1.82) is 0 Å². The number of hydrogen-bond acceptors (Lipinski definition) is 4. The first-order valence-corrected chi connectivity index (χ1v) is 8.43. The minimum atomic E-state index is -0.278. The van der Waals surface area contributed by atoms with E-state index in [-0.39, 0.29) is 6.10 Å². The molecular formula is C15H26N2OS. The van der Waals surface area contributed by atoms with Gasteiger partial charge in [0.2, 0.25) is 0 Å². The van der Waals surface area contributed by atoms with E-state index in [0.29, 0.717) is 6.04 Å². The van der Waals surface area contributed by atoms with Gasteiger partial charge in [0.25, 0.3) is 0 Å². The third kappa shape index (κ3) is 3.29. The maximum Gasteiger partial charge on any atom is 0.186 e. The number of rotatable bonds is 6. The Labute approximate surface area is 120 Å². The zero-order chi connectivity index (χ0) is 13.8. The fraction of sp³-hybridized carbons (Fsp3) is 0.800. The van der Waals surface area contributed by atoms with E-state index in [0.717, 1.165) is 47.9 Å². The average Bonchev–Trinajstić information content (AvgIpc) is 2.84. The predicted molar refractivity (Wildman–Crippen MR) is 82.0 cm³/mol. The summed E-state index contributed by atoms with van der Waals surface area (Å²) in [4.78, 5) is 8.35. The van der Waals surface area contributed by atoms with Gasteiger partial charge < -0.3 is 10.0 Å². The molecule has 2 atom stereocenters. The first-order valence-electron chi connectivity index (χ1n) is 7.61. The summed E-state index contributed by atoms with van der Waals surface area (Å²) in [7, 11) is 0.